The van der Waals surface area contributed by atoms with Crippen LogP contribution in [0.15, 0.2) is 65.8 Å². The summed E-state index contributed by atoms with van der Waals surface area (Å²) in [5.41, 5.74) is 6.45. The summed E-state index contributed by atoms with van der Waals surface area (Å²) in [7, 11) is 3.17. The number of para-hydroxylation sites is 1. The monoisotopic (exact) mass is 493 g/mol. The lowest BCUT2D eigenvalue weighted by Gasteiger charge is -2.12. The van der Waals surface area contributed by atoms with Crippen LogP contribution < -0.4 is 14.9 Å². The molecule has 0 bridgehead atoms. The van der Waals surface area contributed by atoms with E-state index in [4.69, 9.17) is 32.7 Å². The molecule has 8 heteroatoms. The lowest BCUT2D eigenvalue weighted by Crippen LogP contribution is -2.18. The zero-order valence-corrected chi connectivity index (χ0v) is 20.2. The summed E-state index contributed by atoms with van der Waals surface area (Å²) in [5, 5.41) is 5.81. The van der Waals surface area contributed by atoms with Gasteiger partial charge in [0, 0.05) is 27.1 Å². The average Bonchev–Trinajstić information content (AvgIpc) is 2.83. The smallest absolute Gasteiger partial charge is 0.272 e. The number of rotatable bonds is 6. The van der Waals surface area contributed by atoms with E-state index in [1.54, 1.807) is 38.5 Å². The highest BCUT2D eigenvalue weighted by Gasteiger charge is 2.16. The quantitative estimate of drug-likeness (QED) is 0.252. The molecule has 4 rings (SSSR count). The molecular weight excluding hydrogens is 473 g/mol. The van der Waals surface area contributed by atoms with E-state index >= 15 is 0 Å². The molecule has 0 aliphatic heterocycles. The third-order valence-corrected chi connectivity index (χ3v) is 5.90. The SMILES string of the molecule is COc1ccc(C=NNC(=O)c2cc(-c3ccc(Cl)cc3Cl)nc3ccccc23)c(OC)c1C. The molecule has 0 fully saturated rings. The first-order valence-corrected chi connectivity index (χ1v) is 11.1. The van der Waals surface area contributed by atoms with E-state index in [1.807, 2.05) is 43.3 Å². The van der Waals surface area contributed by atoms with Gasteiger partial charge in [0.2, 0.25) is 0 Å². The number of nitrogens with one attached hydrogen (secondary N) is 1. The molecule has 1 aromatic heterocycles. The Bertz CT molecular complexity index is 1420. The van der Waals surface area contributed by atoms with Crippen molar-refractivity contribution in [3.63, 3.8) is 0 Å². The van der Waals surface area contributed by atoms with Gasteiger partial charge in [0.05, 0.1) is 42.2 Å². The van der Waals surface area contributed by atoms with Gasteiger partial charge in [-0.15, -0.1) is 0 Å². The van der Waals surface area contributed by atoms with Gasteiger partial charge in [0.25, 0.3) is 5.91 Å². The predicted molar refractivity (Wildman–Crippen MR) is 137 cm³/mol. The zero-order chi connectivity index (χ0) is 24.2. The third-order valence-electron chi connectivity index (χ3n) is 5.35. The van der Waals surface area contributed by atoms with Crippen molar-refractivity contribution in [1.29, 1.82) is 0 Å². The molecule has 1 heterocycles. The van der Waals surface area contributed by atoms with Crippen LogP contribution in [-0.2, 0) is 0 Å². The average molecular weight is 494 g/mol. The van der Waals surface area contributed by atoms with Crippen LogP contribution in [0.5, 0.6) is 11.5 Å². The minimum absolute atomic E-state index is 0.384. The van der Waals surface area contributed by atoms with E-state index in [2.05, 4.69) is 15.5 Å². The number of hydrazone groups is 1. The molecule has 1 N–H and O–H groups in total. The summed E-state index contributed by atoms with van der Waals surface area (Å²) in [6.07, 6.45) is 1.53. The van der Waals surface area contributed by atoms with Crippen molar-refractivity contribution in [1.82, 2.24) is 10.4 Å². The van der Waals surface area contributed by atoms with Crippen molar-refractivity contribution in [3.8, 4) is 22.8 Å². The van der Waals surface area contributed by atoms with Crippen LogP contribution >= 0.6 is 23.2 Å². The van der Waals surface area contributed by atoms with Gasteiger partial charge in [-0.3, -0.25) is 4.79 Å². The summed E-state index contributed by atoms with van der Waals surface area (Å²) in [4.78, 5) is 17.8. The summed E-state index contributed by atoms with van der Waals surface area (Å²) >= 11 is 12.4. The molecule has 0 saturated heterocycles. The Balaban J connectivity index is 1.68. The molecule has 172 valence electrons. The largest absolute Gasteiger partial charge is 0.496 e. The Morgan fingerprint density at radius 1 is 1.03 bits per heavy atom. The van der Waals surface area contributed by atoms with Crippen molar-refractivity contribution >= 4 is 46.2 Å². The van der Waals surface area contributed by atoms with E-state index in [9.17, 15) is 4.79 Å². The van der Waals surface area contributed by atoms with Gasteiger partial charge in [-0.25, -0.2) is 10.4 Å². The summed E-state index contributed by atoms with van der Waals surface area (Å²) in [6, 6.07) is 17.9. The highest BCUT2D eigenvalue weighted by atomic mass is 35.5. The van der Waals surface area contributed by atoms with E-state index < -0.39 is 0 Å². The molecule has 0 atom stereocenters. The second-order valence-electron chi connectivity index (χ2n) is 7.41. The maximum absolute atomic E-state index is 13.1. The van der Waals surface area contributed by atoms with Gasteiger partial charge in [-0.05, 0) is 49.4 Å². The number of carbonyl (C=O) groups is 1. The van der Waals surface area contributed by atoms with Gasteiger partial charge >= 0.3 is 0 Å². The minimum atomic E-state index is -0.384. The van der Waals surface area contributed by atoms with Gasteiger partial charge in [-0.1, -0.05) is 41.4 Å². The zero-order valence-electron chi connectivity index (χ0n) is 18.7. The first-order valence-electron chi connectivity index (χ1n) is 10.3. The number of amides is 1. The first-order chi connectivity index (χ1) is 16.4. The Morgan fingerprint density at radius 2 is 1.82 bits per heavy atom. The van der Waals surface area contributed by atoms with Crippen molar-refractivity contribution < 1.29 is 14.3 Å². The van der Waals surface area contributed by atoms with Gasteiger partial charge in [-0.2, -0.15) is 5.10 Å². The molecule has 6 nitrogen and oxygen atoms in total. The van der Waals surface area contributed by atoms with Gasteiger partial charge < -0.3 is 9.47 Å². The van der Waals surface area contributed by atoms with Crippen LogP contribution in [0.1, 0.15) is 21.5 Å². The molecule has 3 aromatic carbocycles. The molecule has 1 amide bonds. The van der Waals surface area contributed by atoms with E-state index in [1.165, 1.54) is 6.21 Å². The standard InChI is InChI=1S/C26H21Cl2N3O3/c1-15-24(33-2)11-8-16(25(15)34-3)14-29-31-26(32)20-13-23(19-10-9-17(27)12-21(19)28)30-22-7-5-4-6-18(20)22/h4-14H,1-3H3,(H,31,32). The number of halogens is 2. The van der Waals surface area contributed by atoms with Crippen LogP contribution in [0.3, 0.4) is 0 Å². The minimum Gasteiger partial charge on any atom is -0.496 e. The van der Waals surface area contributed by atoms with Crippen LogP contribution in [0, 0.1) is 6.92 Å². The second-order valence-corrected chi connectivity index (χ2v) is 8.25. The number of ether oxygens (including phenoxy) is 2. The van der Waals surface area contributed by atoms with Crippen molar-refractivity contribution in [2.75, 3.05) is 14.2 Å². The highest BCUT2D eigenvalue weighted by Crippen LogP contribution is 2.32. The summed E-state index contributed by atoms with van der Waals surface area (Å²) < 4.78 is 10.8. The van der Waals surface area contributed by atoms with Crippen LogP contribution in [0.2, 0.25) is 10.0 Å². The molecule has 0 aliphatic carbocycles. The van der Waals surface area contributed by atoms with Crippen LogP contribution in [0.25, 0.3) is 22.2 Å². The number of hydrogen-bond acceptors (Lipinski definition) is 5. The molecule has 0 saturated carbocycles. The fourth-order valence-electron chi connectivity index (χ4n) is 3.71. The van der Waals surface area contributed by atoms with Crippen molar-refractivity contribution in [2.45, 2.75) is 6.92 Å². The lowest BCUT2D eigenvalue weighted by molar-refractivity contribution is 0.0956. The van der Waals surface area contributed by atoms with E-state index in [-0.39, 0.29) is 5.91 Å². The predicted octanol–water partition coefficient (Wildman–Crippen LogP) is 6.30. The molecule has 0 spiro atoms. The fraction of sp³-hybridized carbons (Fsp3) is 0.115. The second kappa shape index (κ2) is 10.1. The fourth-order valence-corrected chi connectivity index (χ4v) is 4.21. The lowest BCUT2D eigenvalue weighted by atomic mass is 10.0. The Morgan fingerprint density at radius 3 is 2.56 bits per heavy atom. The topological polar surface area (TPSA) is 72.8 Å². The van der Waals surface area contributed by atoms with Gasteiger partial charge in [0.1, 0.15) is 11.5 Å². The molecule has 0 radical (unpaired) electrons. The number of pyridine rings is 1. The van der Waals surface area contributed by atoms with E-state index in [0.29, 0.717) is 54.8 Å². The van der Waals surface area contributed by atoms with Gasteiger partial charge in [0.15, 0.2) is 0 Å². The number of nitrogens with zero attached hydrogens (tertiary/aromatic N) is 2. The number of carbonyl (C=O) groups excluding carboxylic acids is 1. The van der Waals surface area contributed by atoms with Crippen LogP contribution in [0.4, 0.5) is 0 Å². The number of aromatic nitrogens is 1. The van der Waals surface area contributed by atoms with Crippen LogP contribution in [-0.4, -0.2) is 31.3 Å². The third kappa shape index (κ3) is 4.69. The number of fused-ring (bicyclic) bond motifs is 1. The first kappa shape index (κ1) is 23.5. The number of methoxy groups -OCH3 is 2. The number of hydrogen-bond donors (Lipinski definition) is 1. The molecule has 4 aromatic rings. The Kier molecular flexibility index (Phi) is 7.01. The Labute approximate surface area is 207 Å². The summed E-state index contributed by atoms with van der Waals surface area (Å²) in [6.45, 7) is 1.89. The molecular formula is C26H21Cl2N3O3. The maximum atomic E-state index is 13.1. The maximum Gasteiger partial charge on any atom is 0.272 e. The van der Waals surface area contributed by atoms with E-state index in [0.717, 1.165) is 5.56 Å². The van der Waals surface area contributed by atoms with Crippen molar-refractivity contribution in [2.24, 2.45) is 5.10 Å². The molecule has 0 aliphatic rings. The summed E-state index contributed by atoms with van der Waals surface area (Å²) in [5.74, 6) is 0.937. The Hall–Kier alpha value is -3.61. The van der Waals surface area contributed by atoms with Crippen molar-refractivity contribution in [3.05, 3.63) is 87.4 Å². The highest BCUT2D eigenvalue weighted by molar-refractivity contribution is 6.36. The molecule has 34 heavy (non-hydrogen) atoms. The normalized spacial score (nSPS) is 11.1. The number of benzene rings is 3. The molecule has 0 unspecified atom stereocenters.